The number of halogens is 2. The Morgan fingerprint density at radius 2 is 2.00 bits per heavy atom. The van der Waals surface area contributed by atoms with Crippen LogP contribution >= 0.6 is 51.3 Å². The van der Waals surface area contributed by atoms with Crippen molar-refractivity contribution in [3.05, 3.63) is 29.6 Å². The van der Waals surface area contributed by atoms with E-state index in [9.17, 15) is 0 Å². The minimum atomic E-state index is 0.628. The van der Waals surface area contributed by atoms with E-state index in [4.69, 9.17) is 4.74 Å². The first-order valence-corrected chi connectivity index (χ1v) is 13.6. The average molecular weight is 469 g/mol. The van der Waals surface area contributed by atoms with E-state index in [-0.39, 0.29) is 0 Å². The van der Waals surface area contributed by atoms with E-state index in [2.05, 4.69) is 57.5 Å². The first-order valence-electron chi connectivity index (χ1n) is 3.75. The van der Waals surface area contributed by atoms with E-state index in [1.54, 1.807) is 18.4 Å². The Balaban J connectivity index is 0.000000293. The zero-order chi connectivity index (χ0) is 10.4. The third-order valence-corrected chi connectivity index (χ3v) is 2.56. The summed E-state index contributed by atoms with van der Waals surface area (Å²) in [5.74, 6) is 0.927. The fraction of sp³-hybridized carbons (Fsp3) is 0.111. The van der Waals surface area contributed by atoms with Crippen LogP contribution in [0.3, 0.4) is 0 Å². The van der Waals surface area contributed by atoms with Gasteiger partial charge in [-0.2, -0.15) is 0 Å². The molecule has 0 bridgehead atoms. The van der Waals surface area contributed by atoms with E-state index in [0.717, 1.165) is 5.75 Å². The standard InChI is InChI=1S/C9H8OS.2HI.V/c1-10-8-2-3-9-7(6-8)4-5-11-9;;;/h2-6H,1H3;2*1H;/q;;;+2/p-2. The average Bonchev–Trinajstić information content (AvgIpc) is 2.65. The molecule has 0 aliphatic rings. The molecule has 1 heterocycles. The molecule has 0 N–H and O–H groups in total. The normalized spacial score (nSPS) is 9.07. The number of methoxy groups -OCH3 is 1. The van der Waals surface area contributed by atoms with Gasteiger partial charge in [-0.3, -0.25) is 0 Å². The maximum absolute atomic E-state index is 5.10. The van der Waals surface area contributed by atoms with Crippen LogP contribution in [0.4, 0.5) is 0 Å². The molecule has 0 radical (unpaired) electrons. The molecule has 0 saturated carbocycles. The SMILES string of the molecule is COc1ccc2sccc2c1.[I][V][I]. The Morgan fingerprint density at radius 1 is 1.29 bits per heavy atom. The number of thiophene rings is 1. The van der Waals surface area contributed by atoms with Gasteiger partial charge in [0.25, 0.3) is 0 Å². The second-order valence-electron chi connectivity index (χ2n) is 2.39. The molecule has 0 aliphatic heterocycles. The van der Waals surface area contributed by atoms with Crippen molar-refractivity contribution < 1.29 is 14.2 Å². The fourth-order valence-corrected chi connectivity index (χ4v) is 1.84. The Labute approximate surface area is 116 Å². The van der Waals surface area contributed by atoms with Crippen LogP contribution in [0.2, 0.25) is 0 Å². The molecule has 5 heteroatoms. The number of fused-ring (bicyclic) bond motifs is 1. The van der Waals surface area contributed by atoms with Crippen LogP contribution in [-0.2, 0) is 9.47 Å². The Kier molecular flexibility index (Phi) is 6.85. The quantitative estimate of drug-likeness (QED) is 0.552. The Morgan fingerprint density at radius 3 is 2.64 bits per heavy atom. The fourth-order valence-electron chi connectivity index (χ4n) is 1.07. The topological polar surface area (TPSA) is 9.23 Å². The van der Waals surface area contributed by atoms with E-state index in [1.165, 1.54) is 10.1 Å². The maximum atomic E-state index is 5.10. The molecular weight excluding hydrogens is 461 g/mol. The van der Waals surface area contributed by atoms with Gasteiger partial charge in [0.2, 0.25) is 0 Å². The van der Waals surface area contributed by atoms with Crippen LogP contribution in [0.25, 0.3) is 10.1 Å². The molecule has 0 amide bonds. The van der Waals surface area contributed by atoms with E-state index in [1.807, 2.05) is 12.1 Å². The molecule has 0 atom stereocenters. The third kappa shape index (κ3) is 3.88. The molecule has 0 unspecified atom stereocenters. The first kappa shape index (κ1) is 13.1. The molecule has 2 aromatic rings. The van der Waals surface area contributed by atoms with Crippen LogP contribution in [-0.4, -0.2) is 7.11 Å². The predicted molar refractivity (Wildman–Crippen MR) is 76.4 cm³/mol. The molecular formula is C9H8I2OSV. The molecule has 0 fully saturated rings. The summed E-state index contributed by atoms with van der Waals surface area (Å²) >= 11 is 6.49. The van der Waals surface area contributed by atoms with Crippen LogP contribution < -0.4 is 4.74 Å². The van der Waals surface area contributed by atoms with Crippen molar-refractivity contribution >= 4 is 61.4 Å². The van der Waals surface area contributed by atoms with Gasteiger partial charge in [0.1, 0.15) is 5.75 Å². The summed E-state index contributed by atoms with van der Waals surface area (Å²) in [4.78, 5) is 0. The van der Waals surface area contributed by atoms with Crippen molar-refractivity contribution in [3.8, 4) is 5.75 Å². The predicted octanol–water partition coefficient (Wildman–Crippen LogP) is 4.68. The van der Waals surface area contributed by atoms with Crippen molar-refractivity contribution in [1.29, 1.82) is 0 Å². The number of hydrogen-bond acceptors (Lipinski definition) is 2. The molecule has 0 spiro atoms. The summed E-state index contributed by atoms with van der Waals surface area (Å²) in [6.07, 6.45) is 0. The molecule has 0 aliphatic carbocycles. The van der Waals surface area contributed by atoms with Gasteiger partial charge in [-0.05, 0) is 35.0 Å². The van der Waals surface area contributed by atoms with Crippen LogP contribution in [0.1, 0.15) is 0 Å². The molecule has 1 aromatic heterocycles. The van der Waals surface area contributed by atoms with Gasteiger partial charge in [-0.25, -0.2) is 0 Å². The van der Waals surface area contributed by atoms with Gasteiger partial charge in [0, 0.05) is 4.70 Å². The van der Waals surface area contributed by atoms with Gasteiger partial charge in [0.15, 0.2) is 0 Å². The number of benzene rings is 1. The van der Waals surface area contributed by atoms with Crippen molar-refractivity contribution in [1.82, 2.24) is 0 Å². The zero-order valence-corrected chi connectivity index (χ0v) is 13.9. The summed E-state index contributed by atoms with van der Waals surface area (Å²) in [5.41, 5.74) is 0. The van der Waals surface area contributed by atoms with Gasteiger partial charge in [-0.1, -0.05) is 0 Å². The van der Waals surface area contributed by atoms with Gasteiger partial charge < -0.3 is 4.74 Å². The summed E-state index contributed by atoms with van der Waals surface area (Å²) < 4.78 is 6.41. The molecule has 0 saturated heterocycles. The second kappa shape index (κ2) is 7.32. The van der Waals surface area contributed by atoms with Crippen molar-refractivity contribution in [2.75, 3.05) is 7.11 Å². The van der Waals surface area contributed by atoms with Crippen molar-refractivity contribution in [2.45, 2.75) is 0 Å². The number of rotatable bonds is 1. The first-order chi connectivity index (χ1) is 6.81. The summed E-state index contributed by atoms with van der Waals surface area (Å²) in [7, 11) is 2.32. The van der Waals surface area contributed by atoms with Gasteiger partial charge >= 0.3 is 49.4 Å². The van der Waals surface area contributed by atoms with Crippen LogP contribution in [0, 0.1) is 0 Å². The Bertz CT molecular complexity index is 391. The van der Waals surface area contributed by atoms with Crippen molar-refractivity contribution in [3.63, 3.8) is 0 Å². The number of ether oxygens (including phenoxy) is 1. The summed E-state index contributed by atoms with van der Waals surface area (Å²) in [6, 6.07) is 8.21. The summed E-state index contributed by atoms with van der Waals surface area (Å²) in [6.45, 7) is 0. The van der Waals surface area contributed by atoms with E-state index >= 15 is 0 Å². The second-order valence-corrected chi connectivity index (χ2v) is 15.1. The molecule has 2 rings (SSSR count). The van der Waals surface area contributed by atoms with Gasteiger partial charge in [-0.15, -0.1) is 11.3 Å². The minimum absolute atomic E-state index is 0.628. The molecule has 75 valence electrons. The van der Waals surface area contributed by atoms with E-state index < -0.39 is 0 Å². The van der Waals surface area contributed by atoms with Crippen molar-refractivity contribution in [2.24, 2.45) is 0 Å². The summed E-state index contributed by atoms with van der Waals surface area (Å²) in [5, 5.41) is 3.35. The van der Waals surface area contributed by atoms with Crippen LogP contribution in [0.15, 0.2) is 29.6 Å². The number of hydrogen-bond donors (Lipinski definition) is 0. The monoisotopic (exact) mass is 469 g/mol. The van der Waals surface area contributed by atoms with E-state index in [0.29, 0.717) is 9.47 Å². The Hall–Kier alpha value is 1.02. The van der Waals surface area contributed by atoms with Crippen LogP contribution in [0.5, 0.6) is 5.75 Å². The molecule has 1 aromatic carbocycles. The third-order valence-electron chi connectivity index (χ3n) is 1.66. The molecule has 1 nitrogen and oxygen atoms in total. The van der Waals surface area contributed by atoms with Gasteiger partial charge in [0.05, 0.1) is 7.11 Å². The zero-order valence-electron chi connectivity index (χ0n) is 7.41. The molecule has 14 heavy (non-hydrogen) atoms.